The van der Waals surface area contributed by atoms with Gasteiger partial charge in [0.25, 0.3) is 5.91 Å². The highest BCUT2D eigenvalue weighted by Crippen LogP contribution is 2.18. The second-order valence-electron chi connectivity index (χ2n) is 6.55. The van der Waals surface area contributed by atoms with E-state index in [1.165, 1.54) is 6.07 Å². The minimum atomic E-state index is -0.830. The van der Waals surface area contributed by atoms with E-state index in [2.05, 4.69) is 20.5 Å². The first-order valence-electron chi connectivity index (χ1n) is 9.00. The number of amides is 1. The van der Waals surface area contributed by atoms with Crippen molar-refractivity contribution >= 4 is 22.6 Å². The first kappa shape index (κ1) is 18.5. The lowest BCUT2D eigenvalue weighted by atomic mass is 10.1. The topological polar surface area (TPSA) is 72.3 Å². The van der Waals surface area contributed by atoms with Gasteiger partial charge in [0.1, 0.15) is 17.2 Å². The average molecular weight is 387 g/mol. The van der Waals surface area contributed by atoms with Gasteiger partial charge in [-0.2, -0.15) is 0 Å². The van der Waals surface area contributed by atoms with Crippen LogP contribution in [0.5, 0.6) is 0 Å². The van der Waals surface area contributed by atoms with E-state index in [-0.39, 0.29) is 5.69 Å². The van der Waals surface area contributed by atoms with Gasteiger partial charge in [-0.25, -0.2) is 13.5 Å². The van der Waals surface area contributed by atoms with Crippen LogP contribution in [0.2, 0.25) is 0 Å². The fourth-order valence-corrected chi connectivity index (χ4v) is 3.12. The summed E-state index contributed by atoms with van der Waals surface area (Å²) in [7, 11) is 0. The Morgan fingerprint density at radius 3 is 2.71 bits per heavy atom. The molecule has 0 bridgehead atoms. The minimum Gasteiger partial charge on any atom is -0.379 e. The number of morpholine rings is 1. The summed E-state index contributed by atoms with van der Waals surface area (Å²) in [5.41, 5.74) is 1.63. The summed E-state index contributed by atoms with van der Waals surface area (Å²) in [6.45, 7) is 4.81. The molecule has 3 aromatic rings. The van der Waals surface area contributed by atoms with E-state index in [0.29, 0.717) is 17.6 Å². The van der Waals surface area contributed by atoms with Gasteiger partial charge in [0.05, 0.1) is 31.0 Å². The summed E-state index contributed by atoms with van der Waals surface area (Å²) < 4.78 is 33.9. The third kappa shape index (κ3) is 4.00. The predicted octanol–water partition coefficient (Wildman–Crippen LogP) is 2.29. The molecule has 0 atom stereocenters. The fraction of sp³-hybridized carbons (Fsp3) is 0.316. The predicted molar refractivity (Wildman–Crippen MR) is 99.1 cm³/mol. The van der Waals surface area contributed by atoms with Crippen molar-refractivity contribution in [3.05, 3.63) is 53.6 Å². The van der Waals surface area contributed by atoms with Crippen LogP contribution in [0.1, 0.15) is 10.4 Å². The zero-order valence-corrected chi connectivity index (χ0v) is 15.1. The molecule has 0 unspecified atom stereocenters. The van der Waals surface area contributed by atoms with Crippen molar-refractivity contribution < 1.29 is 18.3 Å². The zero-order chi connectivity index (χ0) is 19.5. The number of nitrogens with zero attached hydrogens (tertiary/aromatic N) is 4. The van der Waals surface area contributed by atoms with E-state index < -0.39 is 17.5 Å². The number of anilines is 1. The van der Waals surface area contributed by atoms with Crippen LogP contribution in [0.4, 0.5) is 14.5 Å². The summed E-state index contributed by atoms with van der Waals surface area (Å²) in [5.74, 6) is -2.04. The molecule has 0 spiro atoms. The minimum absolute atomic E-state index is 0.0827. The van der Waals surface area contributed by atoms with Gasteiger partial charge in [-0.05, 0) is 30.3 Å². The quantitative estimate of drug-likeness (QED) is 0.727. The van der Waals surface area contributed by atoms with Crippen LogP contribution in [0.25, 0.3) is 11.0 Å². The third-order valence-electron chi connectivity index (χ3n) is 4.69. The van der Waals surface area contributed by atoms with Gasteiger partial charge in [-0.15, -0.1) is 5.10 Å². The summed E-state index contributed by atoms with van der Waals surface area (Å²) >= 11 is 0. The molecule has 0 aliphatic carbocycles. The molecule has 7 nitrogen and oxygen atoms in total. The Balaban J connectivity index is 1.46. The van der Waals surface area contributed by atoms with E-state index in [4.69, 9.17) is 4.74 Å². The van der Waals surface area contributed by atoms with Crippen molar-refractivity contribution in [1.29, 1.82) is 0 Å². The number of benzene rings is 2. The van der Waals surface area contributed by atoms with Crippen molar-refractivity contribution in [2.75, 3.05) is 38.2 Å². The largest absolute Gasteiger partial charge is 0.379 e. The second-order valence-corrected chi connectivity index (χ2v) is 6.55. The number of halogens is 2. The molecule has 9 heteroatoms. The van der Waals surface area contributed by atoms with E-state index in [1.54, 1.807) is 22.9 Å². The Morgan fingerprint density at radius 2 is 1.93 bits per heavy atom. The third-order valence-corrected chi connectivity index (χ3v) is 4.69. The van der Waals surface area contributed by atoms with Crippen LogP contribution in [0.15, 0.2) is 36.4 Å². The van der Waals surface area contributed by atoms with E-state index in [1.807, 2.05) is 0 Å². The van der Waals surface area contributed by atoms with Gasteiger partial charge >= 0.3 is 0 Å². The highest BCUT2D eigenvalue weighted by atomic mass is 19.1. The molecule has 28 heavy (non-hydrogen) atoms. The number of nitrogens with one attached hydrogen (secondary N) is 1. The molecule has 1 fully saturated rings. The molecule has 4 rings (SSSR count). The Kier molecular flexibility index (Phi) is 5.27. The molecule has 0 saturated carbocycles. The number of hydrogen-bond donors (Lipinski definition) is 1. The van der Waals surface area contributed by atoms with Crippen LogP contribution in [-0.4, -0.2) is 58.6 Å². The Bertz CT molecular complexity index is 1000. The second kappa shape index (κ2) is 7.99. The Hall–Kier alpha value is -2.91. The molecule has 2 aromatic carbocycles. The van der Waals surface area contributed by atoms with Gasteiger partial charge < -0.3 is 10.1 Å². The van der Waals surface area contributed by atoms with E-state index in [0.717, 1.165) is 50.5 Å². The molecule has 1 aliphatic heterocycles. The fourth-order valence-electron chi connectivity index (χ4n) is 3.12. The lowest BCUT2D eigenvalue weighted by Gasteiger charge is -2.26. The maximum Gasteiger partial charge on any atom is 0.255 e. The molecule has 0 radical (unpaired) electrons. The number of carbonyl (C=O) groups is 1. The number of rotatable bonds is 5. The van der Waals surface area contributed by atoms with Crippen LogP contribution in [-0.2, 0) is 11.3 Å². The average Bonchev–Trinajstić information content (AvgIpc) is 3.11. The number of carbonyl (C=O) groups excluding carboxylic acids is 1. The van der Waals surface area contributed by atoms with Crippen LogP contribution in [0.3, 0.4) is 0 Å². The van der Waals surface area contributed by atoms with Crippen LogP contribution < -0.4 is 5.32 Å². The molecular weight excluding hydrogens is 368 g/mol. The lowest BCUT2D eigenvalue weighted by molar-refractivity contribution is 0.0360. The van der Waals surface area contributed by atoms with Gasteiger partial charge in [0.15, 0.2) is 0 Å². The van der Waals surface area contributed by atoms with Gasteiger partial charge in [-0.3, -0.25) is 9.69 Å². The first-order valence-corrected chi connectivity index (χ1v) is 9.00. The monoisotopic (exact) mass is 387 g/mol. The van der Waals surface area contributed by atoms with Gasteiger partial charge in [0.2, 0.25) is 0 Å². The molecule has 1 amide bonds. The smallest absolute Gasteiger partial charge is 0.255 e. The first-order chi connectivity index (χ1) is 13.6. The Morgan fingerprint density at radius 1 is 1.11 bits per heavy atom. The normalized spacial score (nSPS) is 15.1. The number of hydrogen-bond acceptors (Lipinski definition) is 5. The molecule has 1 N–H and O–H groups in total. The van der Waals surface area contributed by atoms with Crippen molar-refractivity contribution in [3.8, 4) is 0 Å². The van der Waals surface area contributed by atoms with Crippen molar-refractivity contribution in [2.45, 2.75) is 6.54 Å². The van der Waals surface area contributed by atoms with Crippen molar-refractivity contribution in [1.82, 2.24) is 19.9 Å². The van der Waals surface area contributed by atoms with Gasteiger partial charge in [-0.1, -0.05) is 5.21 Å². The lowest BCUT2D eigenvalue weighted by Crippen LogP contribution is -2.38. The summed E-state index contributed by atoms with van der Waals surface area (Å²) in [5, 5.41) is 10.7. The molecule has 1 saturated heterocycles. The highest BCUT2D eigenvalue weighted by molar-refractivity contribution is 6.05. The summed E-state index contributed by atoms with van der Waals surface area (Å²) in [6.07, 6.45) is 0. The van der Waals surface area contributed by atoms with E-state index >= 15 is 0 Å². The zero-order valence-electron chi connectivity index (χ0n) is 15.1. The summed E-state index contributed by atoms with van der Waals surface area (Å²) in [6, 6.07) is 7.99. The highest BCUT2D eigenvalue weighted by Gasteiger charge is 2.14. The standard InChI is InChI=1S/C19H19F2N5O2/c20-14-2-3-16(15(21)12-14)22-19(27)13-1-4-18-17(11-13)23-24-26(18)6-5-25-7-9-28-10-8-25/h1-4,11-12H,5-10H2,(H,22,27). The number of aromatic nitrogens is 3. The SMILES string of the molecule is O=C(Nc1ccc(F)cc1F)c1ccc2c(c1)nnn2CCN1CCOCC1. The molecule has 146 valence electrons. The maximum atomic E-state index is 13.7. The summed E-state index contributed by atoms with van der Waals surface area (Å²) in [4.78, 5) is 14.7. The number of fused-ring (bicyclic) bond motifs is 1. The number of ether oxygens (including phenoxy) is 1. The van der Waals surface area contributed by atoms with Crippen molar-refractivity contribution in [3.63, 3.8) is 0 Å². The molecule has 1 aliphatic rings. The molecule has 2 heterocycles. The van der Waals surface area contributed by atoms with Crippen LogP contribution in [0, 0.1) is 11.6 Å². The van der Waals surface area contributed by atoms with Crippen LogP contribution >= 0.6 is 0 Å². The molecule has 1 aromatic heterocycles. The Labute approximate surface area is 159 Å². The van der Waals surface area contributed by atoms with Gasteiger partial charge in [0, 0.05) is 31.3 Å². The maximum absolute atomic E-state index is 13.7. The van der Waals surface area contributed by atoms with E-state index in [9.17, 15) is 13.6 Å². The molecular formula is C19H19F2N5O2. The van der Waals surface area contributed by atoms with Crippen molar-refractivity contribution in [2.24, 2.45) is 0 Å².